The van der Waals surface area contributed by atoms with Crippen LogP contribution in [-0.2, 0) is 0 Å². The summed E-state index contributed by atoms with van der Waals surface area (Å²) in [6.07, 6.45) is 0. The lowest BCUT2D eigenvalue weighted by Gasteiger charge is -2.26. The van der Waals surface area contributed by atoms with E-state index in [9.17, 15) is 0 Å². The molecule has 0 amide bonds. The van der Waals surface area contributed by atoms with Crippen molar-refractivity contribution in [2.75, 3.05) is 4.90 Å². The first-order valence-corrected chi connectivity index (χ1v) is 20.5. The molecular formula is C58H39NO. The minimum absolute atomic E-state index is 0.864. The number of fused-ring (bicyclic) bond motifs is 4. The molecule has 0 fully saturated rings. The highest BCUT2D eigenvalue weighted by atomic mass is 16.3. The first-order chi connectivity index (χ1) is 29.7. The van der Waals surface area contributed by atoms with Gasteiger partial charge in [0.25, 0.3) is 0 Å². The topological polar surface area (TPSA) is 16.4 Å². The lowest BCUT2D eigenvalue weighted by Crippen LogP contribution is -2.10. The standard InChI is InChI=1S/C58H39NO/c1-3-13-40(14-4-1)49-37-50(41-15-5-2-6-16-41)39-51(38-49)44-29-33-53(34-30-44)59(55-22-12-24-57-58(55)54-21-9-10-23-56(54)60-57)52-31-27-43(28-32-52)46-19-11-20-47(35-46)48-26-25-42-17-7-8-18-45(42)36-48/h1-39H. The molecule has 60 heavy (non-hydrogen) atoms. The average Bonchev–Trinajstić information content (AvgIpc) is 3.72. The van der Waals surface area contributed by atoms with E-state index in [0.29, 0.717) is 0 Å². The van der Waals surface area contributed by atoms with Crippen LogP contribution in [0.25, 0.3) is 88.3 Å². The van der Waals surface area contributed by atoms with E-state index in [4.69, 9.17) is 4.42 Å². The lowest BCUT2D eigenvalue weighted by molar-refractivity contribution is 0.669. The third-order valence-corrected chi connectivity index (χ3v) is 11.6. The Morgan fingerprint density at radius 1 is 0.267 bits per heavy atom. The van der Waals surface area contributed by atoms with E-state index in [1.54, 1.807) is 0 Å². The molecule has 0 N–H and O–H groups in total. The SMILES string of the molecule is c1ccc(-c2cc(-c3ccccc3)cc(-c3ccc(N(c4ccc(-c5cccc(-c6ccc7ccccc7c6)c5)cc4)c4cccc5oc6ccccc6c45)cc3)c2)cc1. The number of benzene rings is 10. The van der Waals surface area contributed by atoms with E-state index < -0.39 is 0 Å². The fourth-order valence-electron chi connectivity index (χ4n) is 8.61. The molecule has 1 heterocycles. The minimum atomic E-state index is 0.864. The van der Waals surface area contributed by atoms with Gasteiger partial charge in [-0.15, -0.1) is 0 Å². The zero-order valence-corrected chi connectivity index (χ0v) is 32.9. The molecule has 0 saturated heterocycles. The molecule has 0 atom stereocenters. The summed E-state index contributed by atoms with van der Waals surface area (Å²) in [5.74, 6) is 0. The molecule has 282 valence electrons. The van der Waals surface area contributed by atoms with E-state index in [2.05, 4.69) is 229 Å². The molecule has 0 aliphatic heterocycles. The summed E-state index contributed by atoms with van der Waals surface area (Å²) in [5.41, 5.74) is 16.8. The first kappa shape index (κ1) is 35.2. The fourth-order valence-corrected chi connectivity index (χ4v) is 8.61. The van der Waals surface area contributed by atoms with Crippen molar-refractivity contribution in [2.45, 2.75) is 0 Å². The summed E-state index contributed by atoms with van der Waals surface area (Å²) >= 11 is 0. The highest BCUT2D eigenvalue weighted by molar-refractivity contribution is 6.13. The Morgan fingerprint density at radius 2 is 0.700 bits per heavy atom. The molecule has 0 bridgehead atoms. The number of rotatable bonds is 8. The van der Waals surface area contributed by atoms with Crippen LogP contribution in [-0.4, -0.2) is 0 Å². The van der Waals surface area contributed by atoms with Crippen LogP contribution in [0, 0.1) is 0 Å². The van der Waals surface area contributed by atoms with Gasteiger partial charge < -0.3 is 9.32 Å². The predicted molar refractivity (Wildman–Crippen MR) is 253 cm³/mol. The van der Waals surface area contributed by atoms with E-state index in [0.717, 1.165) is 50.1 Å². The van der Waals surface area contributed by atoms with Gasteiger partial charge in [0.15, 0.2) is 0 Å². The fraction of sp³-hybridized carbons (Fsp3) is 0. The van der Waals surface area contributed by atoms with Crippen LogP contribution < -0.4 is 4.90 Å². The maximum absolute atomic E-state index is 6.41. The summed E-state index contributed by atoms with van der Waals surface area (Å²) in [7, 11) is 0. The largest absolute Gasteiger partial charge is 0.456 e. The van der Waals surface area contributed by atoms with Crippen LogP contribution >= 0.6 is 0 Å². The van der Waals surface area contributed by atoms with Gasteiger partial charge in [-0.05, 0) is 139 Å². The second-order valence-corrected chi connectivity index (χ2v) is 15.4. The summed E-state index contributed by atoms with van der Waals surface area (Å²) in [5, 5.41) is 4.68. The molecule has 0 spiro atoms. The van der Waals surface area contributed by atoms with Crippen molar-refractivity contribution in [3.05, 3.63) is 237 Å². The lowest BCUT2D eigenvalue weighted by atomic mass is 9.93. The van der Waals surface area contributed by atoms with Gasteiger partial charge in [-0.3, -0.25) is 0 Å². The normalized spacial score (nSPS) is 11.3. The number of nitrogens with zero attached hydrogens (tertiary/aromatic N) is 1. The van der Waals surface area contributed by atoms with Gasteiger partial charge in [0.2, 0.25) is 0 Å². The molecule has 0 aliphatic carbocycles. The summed E-state index contributed by atoms with van der Waals surface area (Å²) in [6, 6.07) is 84.9. The van der Waals surface area contributed by atoms with Gasteiger partial charge in [0, 0.05) is 16.8 Å². The van der Waals surface area contributed by atoms with Gasteiger partial charge in [-0.25, -0.2) is 0 Å². The Morgan fingerprint density at radius 3 is 1.35 bits per heavy atom. The van der Waals surface area contributed by atoms with Crippen LogP contribution in [0.3, 0.4) is 0 Å². The van der Waals surface area contributed by atoms with Crippen molar-refractivity contribution in [1.82, 2.24) is 0 Å². The van der Waals surface area contributed by atoms with E-state index >= 15 is 0 Å². The minimum Gasteiger partial charge on any atom is -0.456 e. The highest BCUT2D eigenvalue weighted by Crippen LogP contribution is 2.44. The molecule has 0 unspecified atom stereocenters. The first-order valence-electron chi connectivity index (χ1n) is 20.5. The quantitative estimate of drug-likeness (QED) is 0.153. The van der Waals surface area contributed by atoms with Gasteiger partial charge in [0.1, 0.15) is 11.2 Å². The van der Waals surface area contributed by atoms with Crippen molar-refractivity contribution < 1.29 is 4.42 Å². The molecule has 2 nitrogen and oxygen atoms in total. The van der Waals surface area contributed by atoms with Crippen molar-refractivity contribution in [3.63, 3.8) is 0 Å². The zero-order chi connectivity index (χ0) is 39.8. The smallest absolute Gasteiger partial charge is 0.137 e. The van der Waals surface area contributed by atoms with Crippen molar-refractivity contribution in [1.29, 1.82) is 0 Å². The number of furan rings is 1. The third-order valence-electron chi connectivity index (χ3n) is 11.6. The number of hydrogen-bond donors (Lipinski definition) is 0. The molecule has 0 aliphatic rings. The Balaban J connectivity index is 1.00. The molecular weight excluding hydrogens is 727 g/mol. The van der Waals surface area contributed by atoms with Crippen LogP contribution in [0.2, 0.25) is 0 Å². The number of anilines is 3. The second-order valence-electron chi connectivity index (χ2n) is 15.4. The molecule has 0 radical (unpaired) electrons. The highest BCUT2D eigenvalue weighted by Gasteiger charge is 2.20. The van der Waals surface area contributed by atoms with Crippen molar-refractivity contribution >= 4 is 49.8 Å². The Bertz CT molecular complexity index is 3230. The summed E-state index contributed by atoms with van der Waals surface area (Å²) in [6.45, 7) is 0. The Hall–Kier alpha value is -7.94. The predicted octanol–water partition coefficient (Wildman–Crippen LogP) is 16.5. The zero-order valence-electron chi connectivity index (χ0n) is 32.9. The molecule has 0 saturated carbocycles. The maximum Gasteiger partial charge on any atom is 0.137 e. The number of hydrogen-bond acceptors (Lipinski definition) is 2. The van der Waals surface area contributed by atoms with Crippen LogP contribution in [0.5, 0.6) is 0 Å². The monoisotopic (exact) mass is 765 g/mol. The van der Waals surface area contributed by atoms with Crippen LogP contribution in [0.15, 0.2) is 241 Å². The van der Waals surface area contributed by atoms with Gasteiger partial charge >= 0.3 is 0 Å². The van der Waals surface area contributed by atoms with Gasteiger partial charge in [-0.1, -0.05) is 164 Å². The molecule has 11 rings (SSSR count). The van der Waals surface area contributed by atoms with Crippen LogP contribution in [0.4, 0.5) is 17.1 Å². The number of para-hydroxylation sites is 1. The summed E-state index contributed by atoms with van der Waals surface area (Å²) < 4.78 is 6.41. The van der Waals surface area contributed by atoms with Crippen LogP contribution in [0.1, 0.15) is 0 Å². The van der Waals surface area contributed by atoms with Gasteiger partial charge in [-0.2, -0.15) is 0 Å². The van der Waals surface area contributed by atoms with Gasteiger partial charge in [0.05, 0.1) is 11.1 Å². The Kier molecular flexibility index (Phi) is 8.87. The molecule has 10 aromatic carbocycles. The van der Waals surface area contributed by atoms with E-state index in [1.807, 2.05) is 12.1 Å². The second kappa shape index (κ2) is 15.1. The van der Waals surface area contributed by atoms with E-state index in [-0.39, 0.29) is 0 Å². The molecule has 11 aromatic rings. The third kappa shape index (κ3) is 6.61. The van der Waals surface area contributed by atoms with Crippen molar-refractivity contribution in [2.24, 2.45) is 0 Å². The van der Waals surface area contributed by atoms with E-state index in [1.165, 1.54) is 55.3 Å². The maximum atomic E-state index is 6.41. The molecule has 2 heteroatoms. The van der Waals surface area contributed by atoms with Crippen molar-refractivity contribution in [3.8, 4) is 55.6 Å². The summed E-state index contributed by atoms with van der Waals surface area (Å²) in [4.78, 5) is 2.36. The average molecular weight is 766 g/mol. The molecule has 1 aromatic heterocycles. The Labute approximate surface area is 349 Å².